The molecule has 0 unspecified atom stereocenters. The quantitative estimate of drug-likeness (QED) is 0.487. The maximum absolute atomic E-state index is 13.1. The topological polar surface area (TPSA) is 70.6 Å². The third-order valence-electron chi connectivity index (χ3n) is 4.87. The highest BCUT2D eigenvalue weighted by Crippen LogP contribution is 2.31. The van der Waals surface area contributed by atoms with E-state index in [1.54, 1.807) is 24.3 Å². The largest absolute Gasteiger partial charge is 0.308 e. The van der Waals surface area contributed by atoms with Gasteiger partial charge in [0.25, 0.3) is 0 Å². The zero-order chi connectivity index (χ0) is 21.9. The monoisotopic (exact) mass is 481 g/mol. The summed E-state index contributed by atoms with van der Waals surface area (Å²) in [5.74, 6) is -1.05. The van der Waals surface area contributed by atoms with E-state index in [4.69, 9.17) is 4.98 Å². The minimum Gasteiger partial charge on any atom is -0.308 e. The Bertz CT molecular complexity index is 1140. The summed E-state index contributed by atoms with van der Waals surface area (Å²) in [4.78, 5) is 21.5. The number of likely N-dealkylation sites (N-methyl/N-ethyl adjacent to an activating group) is 1. The molecule has 0 atom stereocenters. The van der Waals surface area contributed by atoms with Crippen molar-refractivity contribution in [1.82, 2.24) is 9.88 Å². The van der Waals surface area contributed by atoms with Gasteiger partial charge in [-0.15, -0.1) is 12.4 Å². The standard InChI is InChI=1S/C22H27N3O3S2.ClH/c1-5-17-7-6-8-19-21(17)23-22(29-19)25(14-13-24(3)4)20(26)15-30(27,28)18-11-9-16(2)10-12-18;/h6-12H,5,13-15H2,1-4H3;1H. The van der Waals surface area contributed by atoms with Crippen LogP contribution in [0, 0.1) is 6.92 Å². The second-order valence-corrected chi connectivity index (χ2v) is 10.5. The van der Waals surface area contributed by atoms with Crippen LogP contribution in [0.5, 0.6) is 0 Å². The Morgan fingerprint density at radius 1 is 1.06 bits per heavy atom. The van der Waals surface area contributed by atoms with Crippen LogP contribution < -0.4 is 4.90 Å². The van der Waals surface area contributed by atoms with Crippen molar-refractivity contribution in [1.29, 1.82) is 0 Å². The molecule has 1 heterocycles. The Morgan fingerprint density at radius 3 is 2.35 bits per heavy atom. The van der Waals surface area contributed by atoms with Gasteiger partial charge in [-0.1, -0.05) is 48.1 Å². The molecule has 0 radical (unpaired) electrons. The fourth-order valence-electron chi connectivity index (χ4n) is 3.09. The SMILES string of the molecule is CCc1cccc2sc(N(CCN(C)C)C(=O)CS(=O)(=O)c3ccc(C)cc3)nc12.Cl. The van der Waals surface area contributed by atoms with Gasteiger partial charge < -0.3 is 4.90 Å². The van der Waals surface area contributed by atoms with Crippen molar-refractivity contribution in [3.8, 4) is 0 Å². The number of nitrogens with zero attached hydrogens (tertiary/aromatic N) is 3. The lowest BCUT2D eigenvalue weighted by Crippen LogP contribution is -2.40. The maximum Gasteiger partial charge on any atom is 0.244 e. The van der Waals surface area contributed by atoms with Crippen molar-refractivity contribution >= 4 is 54.8 Å². The number of fused-ring (bicyclic) bond motifs is 1. The highest BCUT2D eigenvalue weighted by molar-refractivity contribution is 7.92. The Kier molecular flexibility index (Phi) is 8.59. The molecule has 2 aromatic carbocycles. The van der Waals surface area contributed by atoms with Crippen LogP contribution in [0.3, 0.4) is 0 Å². The van der Waals surface area contributed by atoms with Crippen molar-refractivity contribution < 1.29 is 13.2 Å². The zero-order valence-corrected chi connectivity index (χ0v) is 20.6. The van der Waals surface area contributed by atoms with E-state index in [1.165, 1.54) is 16.2 Å². The Hall–Kier alpha value is -2.00. The lowest BCUT2D eigenvalue weighted by atomic mass is 10.1. The summed E-state index contributed by atoms with van der Waals surface area (Å²) in [6.45, 7) is 4.93. The van der Waals surface area contributed by atoms with Crippen LogP contribution in [0.1, 0.15) is 18.1 Å². The lowest BCUT2D eigenvalue weighted by molar-refractivity contribution is -0.116. The molecule has 31 heavy (non-hydrogen) atoms. The average Bonchev–Trinajstić information content (AvgIpc) is 3.11. The predicted molar refractivity (Wildman–Crippen MR) is 130 cm³/mol. The predicted octanol–water partition coefficient (Wildman–Crippen LogP) is 3.96. The van der Waals surface area contributed by atoms with Crippen molar-refractivity contribution in [2.24, 2.45) is 0 Å². The molecule has 0 spiro atoms. The number of carbonyl (C=O) groups excluding carboxylic acids is 1. The van der Waals surface area contributed by atoms with Crippen molar-refractivity contribution in [2.45, 2.75) is 25.2 Å². The molecule has 9 heteroatoms. The summed E-state index contributed by atoms with van der Waals surface area (Å²) in [6.07, 6.45) is 0.841. The number of benzene rings is 2. The summed E-state index contributed by atoms with van der Waals surface area (Å²) < 4.78 is 26.6. The van der Waals surface area contributed by atoms with Gasteiger partial charge in [0, 0.05) is 13.1 Å². The second kappa shape index (κ2) is 10.5. The van der Waals surface area contributed by atoms with Crippen molar-refractivity contribution in [2.75, 3.05) is 37.8 Å². The van der Waals surface area contributed by atoms with E-state index < -0.39 is 21.5 Å². The molecule has 0 N–H and O–H groups in total. The number of para-hydroxylation sites is 1. The fraction of sp³-hybridized carbons (Fsp3) is 0.364. The number of amides is 1. The average molecular weight is 482 g/mol. The Morgan fingerprint density at radius 2 is 1.74 bits per heavy atom. The number of carbonyl (C=O) groups is 1. The van der Waals surface area contributed by atoms with E-state index in [1.807, 2.05) is 44.1 Å². The smallest absolute Gasteiger partial charge is 0.244 e. The summed E-state index contributed by atoms with van der Waals surface area (Å²) in [5.41, 5.74) is 2.96. The van der Waals surface area contributed by atoms with Gasteiger partial charge in [0.1, 0.15) is 5.75 Å². The van der Waals surface area contributed by atoms with Gasteiger partial charge in [-0.25, -0.2) is 13.4 Å². The van der Waals surface area contributed by atoms with E-state index in [0.717, 1.165) is 27.8 Å². The van der Waals surface area contributed by atoms with Crippen LogP contribution >= 0.6 is 23.7 Å². The number of halogens is 1. The van der Waals surface area contributed by atoms with Gasteiger partial charge in [-0.05, 0) is 51.2 Å². The third-order valence-corrected chi connectivity index (χ3v) is 7.53. The Labute approximate surface area is 194 Å². The van der Waals surface area contributed by atoms with Crippen molar-refractivity contribution in [3.05, 3.63) is 53.6 Å². The fourth-order valence-corrected chi connectivity index (χ4v) is 5.35. The summed E-state index contributed by atoms with van der Waals surface area (Å²) in [7, 11) is 0.0931. The molecule has 3 aromatic rings. The molecule has 1 aromatic heterocycles. The molecule has 0 saturated heterocycles. The van der Waals surface area contributed by atoms with Crippen LogP contribution in [0.15, 0.2) is 47.4 Å². The lowest BCUT2D eigenvalue weighted by Gasteiger charge is -2.22. The first kappa shape index (κ1) is 25.3. The molecule has 0 aliphatic rings. The zero-order valence-electron chi connectivity index (χ0n) is 18.2. The molecule has 3 rings (SSSR count). The second-order valence-electron chi connectivity index (χ2n) is 7.53. The minimum atomic E-state index is -3.74. The molecule has 0 aliphatic carbocycles. The van der Waals surface area contributed by atoms with Crippen molar-refractivity contribution in [3.63, 3.8) is 0 Å². The molecule has 6 nitrogen and oxygen atoms in total. The minimum absolute atomic E-state index is 0. The summed E-state index contributed by atoms with van der Waals surface area (Å²) in [5, 5.41) is 0.539. The summed E-state index contributed by atoms with van der Waals surface area (Å²) >= 11 is 1.42. The highest BCUT2D eigenvalue weighted by atomic mass is 35.5. The van der Waals surface area contributed by atoms with Gasteiger partial charge in [-0.2, -0.15) is 0 Å². The number of anilines is 1. The number of thiazole rings is 1. The van der Waals surface area contributed by atoms with Gasteiger partial charge in [0.05, 0.1) is 15.1 Å². The molecule has 0 aliphatic heterocycles. The maximum atomic E-state index is 13.1. The van der Waals surface area contributed by atoms with Crippen LogP contribution in [0.25, 0.3) is 10.2 Å². The Balaban J connectivity index is 0.00000341. The molecule has 1 amide bonds. The number of rotatable bonds is 8. The molecule has 0 fully saturated rings. The molecule has 0 bridgehead atoms. The number of aromatic nitrogens is 1. The van der Waals surface area contributed by atoms with E-state index >= 15 is 0 Å². The molecule has 0 saturated carbocycles. The van der Waals surface area contributed by atoms with Crippen LogP contribution in [0.2, 0.25) is 0 Å². The molecular formula is C22H28ClN3O3S2. The van der Waals surface area contributed by atoms with Gasteiger partial charge >= 0.3 is 0 Å². The van der Waals surface area contributed by atoms with Gasteiger partial charge in [-0.3, -0.25) is 9.69 Å². The van der Waals surface area contributed by atoms with Gasteiger partial charge in [0.15, 0.2) is 15.0 Å². The van der Waals surface area contributed by atoms with Gasteiger partial charge in [0.2, 0.25) is 5.91 Å². The normalized spacial score (nSPS) is 11.5. The van der Waals surface area contributed by atoms with E-state index in [9.17, 15) is 13.2 Å². The highest BCUT2D eigenvalue weighted by Gasteiger charge is 2.26. The van der Waals surface area contributed by atoms with Crippen LogP contribution in [-0.4, -0.2) is 57.1 Å². The first-order valence-electron chi connectivity index (χ1n) is 9.84. The number of hydrogen-bond donors (Lipinski definition) is 0. The first-order chi connectivity index (χ1) is 14.2. The molecular weight excluding hydrogens is 454 g/mol. The van der Waals surface area contributed by atoms with Crippen LogP contribution in [0.4, 0.5) is 5.13 Å². The van der Waals surface area contributed by atoms with E-state index in [0.29, 0.717) is 18.2 Å². The number of aryl methyl sites for hydroxylation is 2. The van der Waals surface area contributed by atoms with Crippen LogP contribution in [-0.2, 0) is 21.1 Å². The number of sulfone groups is 1. The summed E-state index contributed by atoms with van der Waals surface area (Å²) in [6, 6.07) is 12.6. The number of hydrogen-bond acceptors (Lipinski definition) is 6. The first-order valence-corrected chi connectivity index (χ1v) is 12.3. The molecule has 168 valence electrons. The van der Waals surface area contributed by atoms with E-state index in [-0.39, 0.29) is 17.3 Å². The van der Waals surface area contributed by atoms with E-state index in [2.05, 4.69) is 6.92 Å². The third kappa shape index (κ3) is 6.04.